The van der Waals surface area contributed by atoms with Crippen LogP contribution >= 0.6 is 17.0 Å². The van der Waals surface area contributed by atoms with E-state index in [-0.39, 0.29) is 17.0 Å². The van der Waals surface area contributed by atoms with E-state index in [4.69, 9.17) is 8.85 Å². The van der Waals surface area contributed by atoms with Crippen LogP contribution < -0.4 is 5.32 Å². The molecule has 0 amide bonds. The molecule has 1 saturated heterocycles. The summed E-state index contributed by atoms with van der Waals surface area (Å²) in [4.78, 5) is 0. The van der Waals surface area contributed by atoms with E-state index in [0.717, 1.165) is 13.2 Å². The van der Waals surface area contributed by atoms with Crippen LogP contribution in [0, 0.1) is 0 Å². The van der Waals surface area contributed by atoms with E-state index in [1.54, 1.807) is 0 Å². The van der Waals surface area contributed by atoms with Gasteiger partial charge in [-0.05, 0) is 39.8 Å². The molecule has 0 saturated carbocycles. The molecule has 1 N–H and O–H groups in total. The van der Waals surface area contributed by atoms with Crippen molar-refractivity contribution in [2.75, 3.05) is 26.3 Å². The summed E-state index contributed by atoms with van der Waals surface area (Å²) in [6, 6.07) is 0. The van der Waals surface area contributed by atoms with Crippen molar-refractivity contribution in [1.29, 1.82) is 0 Å². The molecule has 0 atom stereocenters. The van der Waals surface area contributed by atoms with Crippen molar-refractivity contribution in [2.45, 2.75) is 26.7 Å². The van der Waals surface area contributed by atoms with Gasteiger partial charge in [0.15, 0.2) is 0 Å². The number of nitrogens with one attached hydrogen (secondary N) is 1. The van der Waals surface area contributed by atoms with Crippen molar-refractivity contribution in [2.24, 2.45) is 0 Å². The van der Waals surface area contributed by atoms with Crippen molar-refractivity contribution in [3.8, 4) is 0 Å². The van der Waals surface area contributed by atoms with Crippen LogP contribution in [0.3, 0.4) is 0 Å². The highest BCUT2D eigenvalue weighted by Crippen LogP contribution is 1.90. The predicted molar refractivity (Wildman–Crippen MR) is 64.2 cm³/mol. The zero-order valence-corrected chi connectivity index (χ0v) is 11.8. The summed E-state index contributed by atoms with van der Waals surface area (Å²) in [5, 5.41) is 3.22. The van der Waals surface area contributed by atoms with E-state index in [1.807, 2.05) is 13.8 Å². The Labute approximate surface area is 94.4 Å². The smallest absolute Gasteiger partial charge is 0.304 e. The van der Waals surface area contributed by atoms with E-state index in [0.29, 0.717) is 0 Å². The minimum absolute atomic E-state index is 0. The summed E-state index contributed by atoms with van der Waals surface area (Å²) < 4.78 is 9.98. The normalized spacial score (nSPS) is 14.3. The maximum Gasteiger partial charge on any atom is 0.304 e. The number of rotatable bonds is 4. The molecule has 0 unspecified atom stereocenters. The molecular weight excluding hydrogens is 250 g/mol. The molecule has 82 valence electrons. The second kappa shape index (κ2) is 15.1. The largest absolute Gasteiger partial charge is 0.399 e. The fraction of sp³-hybridized carbons (Fsp3) is 1.00. The molecule has 0 aromatic heterocycles. The summed E-state index contributed by atoms with van der Waals surface area (Å²) in [6.07, 6.45) is 2.78. The lowest BCUT2D eigenvalue weighted by Gasteiger charge is -1.96. The highest BCUT2D eigenvalue weighted by molar-refractivity contribution is 8.93. The van der Waals surface area contributed by atoms with Crippen LogP contribution in [0.1, 0.15) is 26.7 Å². The maximum atomic E-state index is 4.99. The van der Waals surface area contributed by atoms with Gasteiger partial charge in [0.05, 0.1) is 0 Å². The molecule has 5 heteroatoms. The van der Waals surface area contributed by atoms with E-state index < -0.39 is 10.0 Å². The molecule has 1 rings (SSSR count). The van der Waals surface area contributed by atoms with E-state index in [2.05, 4.69) is 5.32 Å². The first kappa shape index (κ1) is 16.0. The minimum atomic E-state index is -0.589. The molecule has 0 radical (unpaired) electrons. The van der Waals surface area contributed by atoms with Crippen LogP contribution in [0.25, 0.3) is 0 Å². The Hall–Kier alpha value is 0.577. The fourth-order valence-electron chi connectivity index (χ4n) is 0.851. The molecule has 1 aliphatic heterocycles. The Morgan fingerprint density at radius 3 is 1.77 bits per heavy atom. The third-order valence-corrected chi connectivity index (χ3v) is 2.68. The van der Waals surface area contributed by atoms with Gasteiger partial charge in [0.1, 0.15) is 0 Å². The van der Waals surface area contributed by atoms with Gasteiger partial charge in [0, 0.05) is 13.2 Å². The average Bonchev–Trinajstić information content (AvgIpc) is 2.62. The van der Waals surface area contributed by atoms with Gasteiger partial charge >= 0.3 is 10.0 Å². The topological polar surface area (TPSA) is 30.5 Å². The summed E-state index contributed by atoms with van der Waals surface area (Å²) in [7, 11) is -0.589. The van der Waals surface area contributed by atoms with Crippen molar-refractivity contribution in [3.05, 3.63) is 0 Å². The molecule has 0 spiro atoms. The summed E-state index contributed by atoms with van der Waals surface area (Å²) in [6.45, 7) is 8.05. The van der Waals surface area contributed by atoms with Crippen LogP contribution in [-0.2, 0) is 8.85 Å². The lowest BCUT2D eigenvalue weighted by Crippen LogP contribution is -2.03. The van der Waals surface area contributed by atoms with Gasteiger partial charge < -0.3 is 14.2 Å². The summed E-state index contributed by atoms with van der Waals surface area (Å²) >= 11 is 0. The van der Waals surface area contributed by atoms with Crippen molar-refractivity contribution in [1.82, 2.24) is 5.32 Å². The van der Waals surface area contributed by atoms with Gasteiger partial charge in [-0.1, -0.05) is 0 Å². The van der Waals surface area contributed by atoms with Crippen molar-refractivity contribution < 1.29 is 8.85 Å². The van der Waals surface area contributed by atoms with E-state index in [9.17, 15) is 0 Å². The second-order valence-corrected chi connectivity index (χ2v) is 3.61. The maximum absolute atomic E-state index is 4.99. The highest BCUT2D eigenvalue weighted by atomic mass is 79.9. The molecule has 1 heterocycles. The molecule has 0 aromatic carbocycles. The van der Waals surface area contributed by atoms with Crippen LogP contribution in [0.15, 0.2) is 0 Å². The first-order valence-corrected chi connectivity index (χ1v) is 5.93. The Bertz CT molecular complexity index is 72.9. The SMILES string of the molecule is Br.C1CCNC1.CCO[SiH2]OCC. The number of hydrogen-bond donors (Lipinski definition) is 1. The van der Waals surface area contributed by atoms with E-state index >= 15 is 0 Å². The molecule has 1 aliphatic rings. The van der Waals surface area contributed by atoms with Crippen LogP contribution in [0.2, 0.25) is 0 Å². The Balaban J connectivity index is 0. The highest BCUT2D eigenvalue weighted by Gasteiger charge is 1.93. The first-order valence-electron chi connectivity index (χ1n) is 4.78. The molecule has 0 aromatic rings. The predicted octanol–water partition coefficient (Wildman–Crippen LogP) is 1.01. The Kier molecular flexibility index (Phi) is 18.6. The lowest BCUT2D eigenvalue weighted by molar-refractivity contribution is 0.240. The van der Waals surface area contributed by atoms with Crippen molar-refractivity contribution >= 4 is 27.0 Å². The van der Waals surface area contributed by atoms with Gasteiger partial charge in [-0.15, -0.1) is 17.0 Å². The van der Waals surface area contributed by atoms with Crippen LogP contribution in [0.5, 0.6) is 0 Å². The first-order chi connectivity index (χ1) is 5.91. The third-order valence-electron chi connectivity index (χ3n) is 1.53. The quantitative estimate of drug-likeness (QED) is 0.612. The van der Waals surface area contributed by atoms with Gasteiger partial charge in [0.2, 0.25) is 0 Å². The van der Waals surface area contributed by atoms with E-state index in [1.165, 1.54) is 25.9 Å². The van der Waals surface area contributed by atoms with Gasteiger partial charge in [0.25, 0.3) is 0 Å². The third kappa shape index (κ3) is 15.3. The Morgan fingerprint density at radius 2 is 1.54 bits per heavy atom. The molecule has 0 aliphatic carbocycles. The minimum Gasteiger partial charge on any atom is -0.399 e. The Morgan fingerprint density at radius 1 is 1.08 bits per heavy atom. The van der Waals surface area contributed by atoms with Crippen LogP contribution in [-0.4, -0.2) is 36.3 Å². The lowest BCUT2D eigenvalue weighted by atomic mass is 10.4. The standard InChI is InChI=1S/C4H9N.C4H12O2Si.BrH/c1-2-4-5-3-1;1-3-5-7-6-4-2;/h5H,1-4H2;3-4,7H2,1-2H3;1H. The van der Waals surface area contributed by atoms with Gasteiger partial charge in [-0.25, -0.2) is 0 Å². The number of halogens is 1. The molecular formula is C8H22BrNO2Si. The monoisotopic (exact) mass is 271 g/mol. The summed E-state index contributed by atoms with van der Waals surface area (Å²) in [5.74, 6) is 0. The zero-order chi connectivity index (χ0) is 9.07. The van der Waals surface area contributed by atoms with Gasteiger partial charge in [-0.2, -0.15) is 0 Å². The molecule has 13 heavy (non-hydrogen) atoms. The molecule has 1 fully saturated rings. The van der Waals surface area contributed by atoms with Crippen LogP contribution in [0.4, 0.5) is 0 Å². The van der Waals surface area contributed by atoms with Gasteiger partial charge in [-0.3, -0.25) is 0 Å². The fourth-order valence-corrected chi connectivity index (χ4v) is 1.30. The zero-order valence-electron chi connectivity index (χ0n) is 8.67. The summed E-state index contributed by atoms with van der Waals surface area (Å²) in [5.41, 5.74) is 0. The average molecular weight is 272 g/mol. The molecule has 0 bridgehead atoms. The number of hydrogen-bond acceptors (Lipinski definition) is 3. The van der Waals surface area contributed by atoms with Crippen molar-refractivity contribution in [3.63, 3.8) is 0 Å². The second-order valence-electron chi connectivity index (χ2n) is 2.56. The molecule has 3 nitrogen and oxygen atoms in total.